The second-order valence-corrected chi connectivity index (χ2v) is 7.35. The van der Waals surface area contributed by atoms with Crippen LogP contribution in [0.15, 0.2) is 95.1 Å². The molecule has 0 fully saturated rings. The number of hydrogen-bond acceptors (Lipinski definition) is 5. The molecule has 1 amide bonds. The van der Waals surface area contributed by atoms with Gasteiger partial charge in [-0.15, -0.1) is 0 Å². The molecule has 5 nitrogen and oxygen atoms in total. The van der Waals surface area contributed by atoms with E-state index in [0.29, 0.717) is 22.7 Å². The van der Waals surface area contributed by atoms with E-state index in [1.165, 1.54) is 36.2 Å². The molecular formula is C23H15F2N3O2S. The molecule has 0 saturated carbocycles. The van der Waals surface area contributed by atoms with Crippen LogP contribution in [0.4, 0.5) is 14.5 Å². The number of halogens is 2. The number of rotatable bonds is 6. The minimum absolute atomic E-state index is 0.103. The van der Waals surface area contributed by atoms with Gasteiger partial charge in [-0.05, 0) is 48.5 Å². The molecule has 0 unspecified atom stereocenters. The first-order chi connectivity index (χ1) is 15.1. The Labute approximate surface area is 181 Å². The number of ether oxygens (including phenoxy) is 1. The van der Waals surface area contributed by atoms with Crippen molar-refractivity contribution in [1.29, 1.82) is 0 Å². The average Bonchev–Trinajstić information content (AvgIpc) is 2.78. The summed E-state index contributed by atoms with van der Waals surface area (Å²) >= 11 is 1.42. The number of benzene rings is 3. The zero-order chi connectivity index (χ0) is 21.6. The van der Waals surface area contributed by atoms with E-state index in [9.17, 15) is 13.6 Å². The van der Waals surface area contributed by atoms with Gasteiger partial charge in [0, 0.05) is 28.9 Å². The van der Waals surface area contributed by atoms with Crippen molar-refractivity contribution >= 4 is 23.4 Å². The fourth-order valence-corrected chi connectivity index (χ4v) is 3.44. The molecular weight excluding hydrogens is 420 g/mol. The summed E-state index contributed by atoms with van der Waals surface area (Å²) in [7, 11) is 0. The molecule has 31 heavy (non-hydrogen) atoms. The highest BCUT2D eigenvalue weighted by Crippen LogP contribution is 2.33. The molecule has 0 atom stereocenters. The van der Waals surface area contributed by atoms with Crippen molar-refractivity contribution in [2.24, 2.45) is 0 Å². The van der Waals surface area contributed by atoms with Crippen LogP contribution < -0.4 is 10.1 Å². The maximum absolute atomic E-state index is 13.7. The van der Waals surface area contributed by atoms with Gasteiger partial charge in [-0.3, -0.25) is 4.79 Å². The van der Waals surface area contributed by atoms with Gasteiger partial charge in [0.05, 0.1) is 5.69 Å². The Kier molecular flexibility index (Phi) is 6.18. The Bertz CT molecular complexity index is 1210. The van der Waals surface area contributed by atoms with E-state index in [4.69, 9.17) is 4.74 Å². The lowest BCUT2D eigenvalue weighted by Crippen LogP contribution is -2.13. The molecule has 0 radical (unpaired) electrons. The van der Waals surface area contributed by atoms with Crippen LogP contribution in [0, 0.1) is 11.6 Å². The normalized spacial score (nSPS) is 10.5. The molecule has 0 bridgehead atoms. The number of nitrogens with one attached hydrogen (secondary N) is 1. The van der Waals surface area contributed by atoms with Gasteiger partial charge in [-0.25, -0.2) is 18.7 Å². The molecule has 154 valence electrons. The zero-order valence-corrected chi connectivity index (χ0v) is 16.8. The molecule has 3 aromatic carbocycles. The third kappa shape index (κ3) is 5.23. The summed E-state index contributed by atoms with van der Waals surface area (Å²) in [6.45, 7) is 0. The lowest BCUT2D eigenvalue weighted by atomic mass is 10.2. The SMILES string of the molecule is O=C(Nc1ccc(F)cc1F)c1ccc(Oc2nccnc2Sc2ccccc2)cc1. The number of carbonyl (C=O) groups is 1. The van der Waals surface area contributed by atoms with Crippen molar-refractivity contribution in [2.75, 3.05) is 5.32 Å². The molecule has 0 spiro atoms. The smallest absolute Gasteiger partial charge is 0.255 e. The van der Waals surface area contributed by atoms with Crippen molar-refractivity contribution in [3.05, 3.63) is 102 Å². The molecule has 1 aromatic heterocycles. The van der Waals surface area contributed by atoms with Gasteiger partial charge in [-0.1, -0.05) is 30.0 Å². The van der Waals surface area contributed by atoms with Gasteiger partial charge in [0.25, 0.3) is 11.8 Å². The first-order valence-electron chi connectivity index (χ1n) is 9.17. The lowest BCUT2D eigenvalue weighted by molar-refractivity contribution is 0.102. The molecule has 0 aliphatic rings. The fraction of sp³-hybridized carbons (Fsp3) is 0. The highest BCUT2D eigenvalue weighted by molar-refractivity contribution is 7.99. The van der Waals surface area contributed by atoms with E-state index in [0.717, 1.165) is 11.0 Å². The molecule has 1 N–H and O–H groups in total. The van der Waals surface area contributed by atoms with E-state index in [1.807, 2.05) is 30.3 Å². The van der Waals surface area contributed by atoms with Crippen LogP contribution in [0.2, 0.25) is 0 Å². The molecule has 8 heteroatoms. The molecule has 0 aliphatic heterocycles. The predicted molar refractivity (Wildman–Crippen MR) is 113 cm³/mol. The molecule has 1 heterocycles. The van der Waals surface area contributed by atoms with Gasteiger partial charge in [0.15, 0.2) is 5.03 Å². The summed E-state index contributed by atoms with van der Waals surface area (Å²) in [5, 5.41) is 3.01. The standard InChI is InChI=1S/C23H15F2N3O2S/c24-16-8-11-20(19(25)14-16)28-21(29)15-6-9-17(10-7-15)30-22-23(27-13-12-26-22)31-18-4-2-1-3-5-18/h1-14H,(H,28,29). The van der Waals surface area contributed by atoms with Crippen LogP contribution in [0.25, 0.3) is 0 Å². The van der Waals surface area contributed by atoms with Crippen molar-refractivity contribution in [3.8, 4) is 11.6 Å². The van der Waals surface area contributed by atoms with Crippen molar-refractivity contribution in [3.63, 3.8) is 0 Å². The van der Waals surface area contributed by atoms with E-state index >= 15 is 0 Å². The highest BCUT2D eigenvalue weighted by Gasteiger charge is 2.12. The second kappa shape index (κ2) is 9.36. The van der Waals surface area contributed by atoms with Crippen LogP contribution in [-0.4, -0.2) is 15.9 Å². The highest BCUT2D eigenvalue weighted by atomic mass is 32.2. The fourth-order valence-electron chi connectivity index (χ4n) is 2.62. The average molecular weight is 435 g/mol. The maximum atomic E-state index is 13.7. The number of amides is 1. The zero-order valence-electron chi connectivity index (χ0n) is 16.0. The van der Waals surface area contributed by atoms with E-state index in [-0.39, 0.29) is 11.3 Å². The Balaban J connectivity index is 1.46. The third-order valence-electron chi connectivity index (χ3n) is 4.10. The predicted octanol–water partition coefficient (Wildman–Crippen LogP) is 5.95. The lowest BCUT2D eigenvalue weighted by Gasteiger charge is -2.10. The van der Waals surface area contributed by atoms with Gasteiger partial charge in [0.1, 0.15) is 17.4 Å². The van der Waals surface area contributed by atoms with E-state index < -0.39 is 17.5 Å². The summed E-state index contributed by atoms with van der Waals surface area (Å²) in [4.78, 5) is 21.9. The van der Waals surface area contributed by atoms with Crippen LogP contribution in [0.1, 0.15) is 10.4 Å². The first kappa shape index (κ1) is 20.5. The quantitative estimate of drug-likeness (QED) is 0.405. The Morgan fingerprint density at radius 3 is 2.39 bits per heavy atom. The number of aromatic nitrogens is 2. The number of hydrogen-bond donors (Lipinski definition) is 1. The second-order valence-electron chi connectivity index (χ2n) is 6.29. The summed E-state index contributed by atoms with van der Waals surface area (Å²) in [6.07, 6.45) is 3.11. The van der Waals surface area contributed by atoms with Gasteiger partial charge in [0.2, 0.25) is 0 Å². The van der Waals surface area contributed by atoms with Crippen LogP contribution in [0.5, 0.6) is 11.6 Å². The Morgan fingerprint density at radius 1 is 0.903 bits per heavy atom. The molecule has 4 rings (SSSR count). The largest absolute Gasteiger partial charge is 0.437 e. The summed E-state index contributed by atoms with van der Waals surface area (Å²) < 4.78 is 32.6. The summed E-state index contributed by atoms with van der Waals surface area (Å²) in [5.74, 6) is -1.30. The monoisotopic (exact) mass is 435 g/mol. The third-order valence-corrected chi connectivity index (χ3v) is 5.08. The van der Waals surface area contributed by atoms with E-state index in [2.05, 4.69) is 15.3 Å². The van der Waals surface area contributed by atoms with Crippen LogP contribution in [-0.2, 0) is 0 Å². The maximum Gasteiger partial charge on any atom is 0.255 e. The van der Waals surface area contributed by atoms with Gasteiger partial charge in [-0.2, -0.15) is 0 Å². The van der Waals surface area contributed by atoms with Crippen LogP contribution >= 0.6 is 11.8 Å². The minimum Gasteiger partial charge on any atom is -0.437 e. The number of nitrogens with zero attached hydrogens (tertiary/aromatic N) is 2. The topological polar surface area (TPSA) is 64.1 Å². The molecule has 0 saturated heterocycles. The van der Waals surface area contributed by atoms with Gasteiger partial charge >= 0.3 is 0 Å². The van der Waals surface area contributed by atoms with E-state index in [1.54, 1.807) is 18.3 Å². The van der Waals surface area contributed by atoms with Crippen LogP contribution in [0.3, 0.4) is 0 Å². The molecule has 0 aliphatic carbocycles. The Morgan fingerprint density at radius 2 is 1.65 bits per heavy atom. The number of anilines is 1. The van der Waals surface area contributed by atoms with Gasteiger partial charge < -0.3 is 10.1 Å². The summed E-state index contributed by atoms with van der Waals surface area (Å²) in [5.41, 5.74) is 0.183. The Hall–Kier alpha value is -3.78. The summed E-state index contributed by atoms with van der Waals surface area (Å²) in [6, 6.07) is 18.9. The van der Waals surface area contributed by atoms with Crippen molar-refractivity contribution < 1.29 is 18.3 Å². The number of carbonyl (C=O) groups excluding carboxylic acids is 1. The minimum atomic E-state index is -0.848. The molecule has 4 aromatic rings. The first-order valence-corrected chi connectivity index (χ1v) is 9.98. The van der Waals surface area contributed by atoms with Crippen molar-refractivity contribution in [2.45, 2.75) is 9.92 Å². The van der Waals surface area contributed by atoms with Crippen molar-refractivity contribution in [1.82, 2.24) is 9.97 Å².